The number of hydrogen-bond acceptors (Lipinski definition) is 3. The van der Waals surface area contributed by atoms with Crippen molar-refractivity contribution in [3.63, 3.8) is 0 Å². The average molecular weight is 275 g/mol. The molecule has 2 N–H and O–H groups in total. The Morgan fingerprint density at radius 3 is 2.70 bits per heavy atom. The molecule has 2 aromatic rings. The van der Waals surface area contributed by atoms with Crippen LogP contribution in [0.4, 0.5) is 0 Å². The number of benzene rings is 1. The predicted molar refractivity (Wildman–Crippen MR) is 82.6 cm³/mol. The first-order chi connectivity index (χ1) is 9.67. The van der Waals surface area contributed by atoms with Crippen molar-refractivity contribution < 1.29 is 5.11 Å². The summed E-state index contributed by atoms with van der Waals surface area (Å²) in [6, 6.07) is 8.36. The first-order valence-corrected chi connectivity index (χ1v) is 7.45. The third-order valence-corrected chi connectivity index (χ3v) is 3.70. The third-order valence-electron chi connectivity index (χ3n) is 3.70. The molecule has 20 heavy (non-hydrogen) atoms. The van der Waals surface area contributed by atoms with Crippen molar-refractivity contribution >= 4 is 11.0 Å². The Kier molecular flexibility index (Phi) is 5.15. The molecule has 110 valence electrons. The molecule has 0 aliphatic carbocycles. The minimum absolute atomic E-state index is 0.116. The maximum atomic E-state index is 9.40. The Morgan fingerprint density at radius 2 is 2.05 bits per heavy atom. The smallest absolute Gasteiger partial charge is 0.123 e. The van der Waals surface area contributed by atoms with Gasteiger partial charge < -0.3 is 15.0 Å². The van der Waals surface area contributed by atoms with E-state index in [4.69, 9.17) is 4.98 Å². The summed E-state index contributed by atoms with van der Waals surface area (Å²) < 4.78 is 2.27. The summed E-state index contributed by atoms with van der Waals surface area (Å²) in [5, 5.41) is 12.8. The standard InChI is InChI=1S/C16H25N3O/c1-4-9-19-15-8-6-5-7-13(15)18-16(19)10-17-14(11-20)12(2)3/h5-8,12,14,17,20H,4,9-11H2,1-3H3/t14-/m1/s1. The van der Waals surface area contributed by atoms with Gasteiger partial charge in [-0.05, 0) is 24.5 Å². The van der Waals surface area contributed by atoms with E-state index in [0.29, 0.717) is 12.5 Å². The normalized spacial score (nSPS) is 13.2. The van der Waals surface area contributed by atoms with Gasteiger partial charge in [-0.25, -0.2) is 4.98 Å². The minimum atomic E-state index is 0.116. The maximum Gasteiger partial charge on any atom is 0.123 e. The number of rotatable bonds is 7. The van der Waals surface area contributed by atoms with Crippen LogP contribution < -0.4 is 5.32 Å². The van der Waals surface area contributed by atoms with Crippen molar-refractivity contribution in [3.8, 4) is 0 Å². The molecule has 0 saturated heterocycles. The summed E-state index contributed by atoms with van der Waals surface area (Å²) in [5.41, 5.74) is 2.24. The van der Waals surface area contributed by atoms with Crippen LogP contribution in [-0.4, -0.2) is 27.3 Å². The molecule has 0 amide bonds. The highest BCUT2D eigenvalue weighted by atomic mass is 16.3. The van der Waals surface area contributed by atoms with Gasteiger partial charge in [0.2, 0.25) is 0 Å². The summed E-state index contributed by atoms with van der Waals surface area (Å²) in [7, 11) is 0. The van der Waals surface area contributed by atoms with E-state index in [0.717, 1.165) is 24.3 Å². The number of aryl methyl sites for hydroxylation is 1. The lowest BCUT2D eigenvalue weighted by Crippen LogP contribution is -2.37. The molecule has 4 nitrogen and oxygen atoms in total. The van der Waals surface area contributed by atoms with E-state index in [-0.39, 0.29) is 12.6 Å². The molecule has 1 aromatic heterocycles. The fourth-order valence-corrected chi connectivity index (χ4v) is 2.47. The number of para-hydroxylation sites is 2. The summed E-state index contributed by atoms with van der Waals surface area (Å²) in [6.07, 6.45) is 1.08. The van der Waals surface area contributed by atoms with Gasteiger partial charge in [-0.15, -0.1) is 0 Å². The quantitative estimate of drug-likeness (QED) is 0.816. The van der Waals surface area contributed by atoms with Gasteiger partial charge in [-0.2, -0.15) is 0 Å². The van der Waals surface area contributed by atoms with Crippen LogP contribution in [-0.2, 0) is 13.1 Å². The Labute approximate surface area is 120 Å². The van der Waals surface area contributed by atoms with Crippen molar-refractivity contribution in [3.05, 3.63) is 30.1 Å². The second-order valence-electron chi connectivity index (χ2n) is 5.58. The largest absolute Gasteiger partial charge is 0.395 e. The van der Waals surface area contributed by atoms with Crippen molar-refractivity contribution in [1.82, 2.24) is 14.9 Å². The van der Waals surface area contributed by atoms with Crippen LogP contribution in [0, 0.1) is 5.92 Å². The topological polar surface area (TPSA) is 50.1 Å². The zero-order valence-electron chi connectivity index (χ0n) is 12.6. The molecule has 0 spiro atoms. The van der Waals surface area contributed by atoms with Gasteiger partial charge in [0, 0.05) is 12.6 Å². The SMILES string of the molecule is CCCn1c(CN[C@H](CO)C(C)C)nc2ccccc21. The molecular weight excluding hydrogens is 250 g/mol. The second kappa shape index (κ2) is 6.86. The highest BCUT2D eigenvalue weighted by molar-refractivity contribution is 5.75. The van der Waals surface area contributed by atoms with Gasteiger partial charge >= 0.3 is 0 Å². The van der Waals surface area contributed by atoms with Crippen LogP contribution in [0.3, 0.4) is 0 Å². The van der Waals surface area contributed by atoms with Gasteiger partial charge in [0.05, 0.1) is 24.2 Å². The number of nitrogens with one attached hydrogen (secondary N) is 1. The number of imidazole rings is 1. The average Bonchev–Trinajstić information content (AvgIpc) is 2.78. The van der Waals surface area contributed by atoms with Crippen LogP contribution in [0.15, 0.2) is 24.3 Å². The Hall–Kier alpha value is -1.39. The Bertz CT molecular complexity index is 548. The summed E-state index contributed by atoms with van der Waals surface area (Å²) in [5.74, 6) is 1.45. The molecule has 1 heterocycles. The van der Waals surface area contributed by atoms with E-state index >= 15 is 0 Å². The fraction of sp³-hybridized carbons (Fsp3) is 0.562. The molecule has 2 rings (SSSR count). The van der Waals surface area contributed by atoms with Crippen molar-refractivity contribution in [2.45, 2.75) is 46.3 Å². The van der Waals surface area contributed by atoms with E-state index in [1.54, 1.807) is 0 Å². The van der Waals surface area contributed by atoms with Crippen molar-refractivity contribution in [2.24, 2.45) is 5.92 Å². The lowest BCUT2D eigenvalue weighted by Gasteiger charge is -2.20. The summed E-state index contributed by atoms with van der Waals surface area (Å²) in [4.78, 5) is 4.72. The zero-order valence-corrected chi connectivity index (χ0v) is 12.6. The van der Waals surface area contributed by atoms with Crippen LogP contribution in [0.1, 0.15) is 33.0 Å². The van der Waals surface area contributed by atoms with Gasteiger partial charge in [-0.1, -0.05) is 32.9 Å². The molecule has 1 aromatic carbocycles. The monoisotopic (exact) mass is 275 g/mol. The van der Waals surface area contributed by atoms with Gasteiger partial charge in [0.25, 0.3) is 0 Å². The second-order valence-corrected chi connectivity index (χ2v) is 5.58. The number of aliphatic hydroxyl groups is 1. The molecule has 0 radical (unpaired) electrons. The zero-order chi connectivity index (χ0) is 14.5. The number of nitrogens with zero attached hydrogens (tertiary/aromatic N) is 2. The van der Waals surface area contributed by atoms with E-state index in [1.165, 1.54) is 5.52 Å². The van der Waals surface area contributed by atoms with Crippen molar-refractivity contribution in [1.29, 1.82) is 0 Å². The Morgan fingerprint density at radius 1 is 1.30 bits per heavy atom. The van der Waals surface area contributed by atoms with Crippen LogP contribution >= 0.6 is 0 Å². The van der Waals surface area contributed by atoms with Crippen LogP contribution in [0.5, 0.6) is 0 Å². The molecule has 0 aliphatic rings. The molecule has 4 heteroatoms. The number of aromatic nitrogens is 2. The molecule has 0 fully saturated rings. The number of fused-ring (bicyclic) bond motifs is 1. The van der Waals surface area contributed by atoms with E-state index in [2.05, 4.69) is 48.9 Å². The molecule has 0 bridgehead atoms. The predicted octanol–water partition coefficient (Wildman–Crippen LogP) is 2.55. The van der Waals surface area contributed by atoms with Crippen molar-refractivity contribution in [2.75, 3.05) is 6.61 Å². The molecular formula is C16H25N3O. The van der Waals surface area contributed by atoms with E-state index < -0.39 is 0 Å². The summed E-state index contributed by atoms with van der Waals surface area (Å²) >= 11 is 0. The van der Waals surface area contributed by atoms with Crippen LogP contribution in [0.25, 0.3) is 11.0 Å². The third kappa shape index (κ3) is 3.19. The minimum Gasteiger partial charge on any atom is -0.395 e. The number of aliphatic hydroxyl groups excluding tert-OH is 1. The molecule has 0 aliphatic heterocycles. The van der Waals surface area contributed by atoms with Gasteiger partial charge in [0.1, 0.15) is 5.82 Å². The van der Waals surface area contributed by atoms with Gasteiger partial charge in [-0.3, -0.25) is 0 Å². The summed E-state index contributed by atoms with van der Waals surface area (Å²) in [6.45, 7) is 8.23. The molecule has 1 atom stereocenters. The highest BCUT2D eigenvalue weighted by Crippen LogP contribution is 2.17. The first kappa shape index (κ1) is 15.0. The number of hydrogen-bond donors (Lipinski definition) is 2. The highest BCUT2D eigenvalue weighted by Gasteiger charge is 2.14. The molecule has 0 unspecified atom stereocenters. The van der Waals surface area contributed by atoms with Gasteiger partial charge in [0.15, 0.2) is 0 Å². The van der Waals surface area contributed by atoms with E-state index in [9.17, 15) is 5.11 Å². The van der Waals surface area contributed by atoms with E-state index in [1.807, 2.05) is 6.07 Å². The first-order valence-electron chi connectivity index (χ1n) is 7.45. The molecule has 0 saturated carbocycles. The maximum absolute atomic E-state index is 9.40. The lowest BCUT2D eigenvalue weighted by atomic mass is 10.1. The Balaban J connectivity index is 2.22. The fourth-order valence-electron chi connectivity index (χ4n) is 2.47. The lowest BCUT2D eigenvalue weighted by molar-refractivity contribution is 0.209. The van der Waals surface area contributed by atoms with Crippen LogP contribution in [0.2, 0.25) is 0 Å².